The molecule has 0 amide bonds. The van der Waals surface area contributed by atoms with Crippen molar-refractivity contribution in [2.45, 2.75) is 33.2 Å². The van der Waals surface area contributed by atoms with E-state index < -0.39 is 0 Å². The maximum absolute atomic E-state index is 10.2. The Morgan fingerprint density at radius 2 is 2.30 bits per heavy atom. The van der Waals surface area contributed by atoms with Gasteiger partial charge in [-0.3, -0.25) is 9.47 Å². The fourth-order valence-electron chi connectivity index (χ4n) is 3.81. The summed E-state index contributed by atoms with van der Waals surface area (Å²) >= 11 is 6.91. The summed E-state index contributed by atoms with van der Waals surface area (Å²) in [5.74, 6) is 0.385. The third kappa shape index (κ3) is 2.69. The average Bonchev–Trinajstić information content (AvgIpc) is 3.09. The zero-order valence-corrected chi connectivity index (χ0v) is 15.3. The number of aryl methyl sites for hydroxylation is 1. The van der Waals surface area contributed by atoms with E-state index >= 15 is 0 Å². The summed E-state index contributed by atoms with van der Waals surface area (Å²) in [4.78, 5) is 8.97. The van der Waals surface area contributed by atoms with Crippen molar-refractivity contribution in [3.8, 4) is 10.6 Å². The van der Waals surface area contributed by atoms with Crippen molar-refractivity contribution in [3.05, 3.63) is 30.2 Å². The Balaban J connectivity index is 2.09. The van der Waals surface area contributed by atoms with E-state index in [1.807, 2.05) is 18.3 Å². The molecule has 23 heavy (non-hydrogen) atoms. The van der Waals surface area contributed by atoms with Gasteiger partial charge in [-0.15, -0.1) is 0 Å². The number of rotatable bonds is 4. The van der Waals surface area contributed by atoms with Crippen LogP contribution in [-0.2, 0) is 0 Å². The predicted octanol–water partition coefficient (Wildman–Crippen LogP) is 4.13. The van der Waals surface area contributed by atoms with Crippen LogP contribution in [0.1, 0.15) is 26.0 Å². The predicted molar refractivity (Wildman–Crippen MR) is 100 cm³/mol. The van der Waals surface area contributed by atoms with Crippen molar-refractivity contribution in [2.24, 2.45) is 5.92 Å². The third-order valence-corrected chi connectivity index (χ3v) is 6.57. The lowest BCUT2D eigenvalue weighted by Gasteiger charge is -2.37. The van der Waals surface area contributed by atoms with E-state index in [0.717, 1.165) is 40.3 Å². The molecular formula is C17H22N3OS2+. The van der Waals surface area contributed by atoms with Gasteiger partial charge in [-0.05, 0) is 38.2 Å². The van der Waals surface area contributed by atoms with Crippen LogP contribution in [-0.4, -0.2) is 39.3 Å². The highest BCUT2D eigenvalue weighted by molar-refractivity contribution is 7.80. The van der Waals surface area contributed by atoms with Crippen LogP contribution in [0.25, 0.3) is 10.6 Å². The zero-order valence-electron chi connectivity index (χ0n) is 13.7. The highest BCUT2D eigenvalue weighted by atomic mass is 32.1. The van der Waals surface area contributed by atoms with Crippen LogP contribution < -0.4 is 4.48 Å². The minimum atomic E-state index is -0.0177. The number of quaternary nitrogens is 1. The molecule has 3 heterocycles. The molecule has 122 valence electrons. The van der Waals surface area contributed by atoms with Crippen LogP contribution >= 0.6 is 23.6 Å². The summed E-state index contributed by atoms with van der Waals surface area (Å²) in [5.41, 5.74) is 2.07. The SMILES string of the molecule is CC[N+]1(c2sc(-c3cccnc3)nc2C)CCC(C)[C@H]1C(O)=S. The molecule has 0 aliphatic carbocycles. The zero-order chi connectivity index (χ0) is 16.6. The second-order valence-corrected chi connectivity index (χ2v) is 7.67. The summed E-state index contributed by atoms with van der Waals surface area (Å²) in [6.45, 7) is 8.32. The summed E-state index contributed by atoms with van der Waals surface area (Å²) in [6.07, 6.45) is 4.69. The molecule has 1 saturated heterocycles. The number of likely N-dealkylation sites (N-methyl/N-ethyl adjacent to an activating group) is 1. The fraction of sp³-hybridized carbons (Fsp3) is 0.471. The number of nitrogens with zero attached hydrogens (tertiary/aromatic N) is 3. The number of hydrogen-bond donors (Lipinski definition) is 1. The molecule has 0 spiro atoms. The number of hydrogen-bond acceptors (Lipinski definition) is 4. The maximum atomic E-state index is 10.2. The molecule has 1 aliphatic heterocycles. The summed E-state index contributed by atoms with van der Waals surface area (Å²) in [6, 6.07) is 3.95. The maximum Gasteiger partial charge on any atom is 0.217 e. The van der Waals surface area contributed by atoms with Gasteiger partial charge < -0.3 is 5.11 Å². The fourth-order valence-corrected chi connectivity index (χ4v) is 5.56. The van der Waals surface area contributed by atoms with Crippen LogP contribution in [0.4, 0.5) is 5.00 Å². The summed E-state index contributed by atoms with van der Waals surface area (Å²) < 4.78 is 0.722. The van der Waals surface area contributed by atoms with Crippen molar-refractivity contribution >= 4 is 33.6 Å². The minimum absolute atomic E-state index is 0.0177. The van der Waals surface area contributed by atoms with Crippen molar-refractivity contribution in [1.29, 1.82) is 0 Å². The number of aromatic nitrogens is 2. The standard InChI is InChI=1S/C17H21N3OS2/c1-4-20(9-7-11(2)14(20)17(21)22)16-12(3)19-15(23-16)13-6-5-8-18-10-13/h5-6,8,10-11,14H,4,7,9H2,1-3H3/p+1/t11?,14-,20?/m0/s1. The second-order valence-electron chi connectivity index (χ2n) is 6.27. The first-order chi connectivity index (χ1) is 11.0. The van der Waals surface area contributed by atoms with Gasteiger partial charge >= 0.3 is 0 Å². The molecule has 2 aromatic rings. The number of aliphatic hydroxyl groups excluding tert-OH is 1. The lowest BCUT2D eigenvalue weighted by Crippen LogP contribution is -2.57. The van der Waals surface area contributed by atoms with Gasteiger partial charge in [0.05, 0.1) is 13.1 Å². The number of thiazole rings is 1. The van der Waals surface area contributed by atoms with E-state index in [2.05, 4.69) is 25.8 Å². The number of likely N-dealkylation sites (tertiary alicyclic amines) is 1. The number of pyridine rings is 1. The summed E-state index contributed by atoms with van der Waals surface area (Å²) in [5, 5.41) is 12.5. The van der Waals surface area contributed by atoms with Crippen LogP contribution in [0.2, 0.25) is 0 Å². The van der Waals surface area contributed by atoms with Crippen molar-refractivity contribution in [2.75, 3.05) is 13.1 Å². The Hall–Kier alpha value is -1.37. The van der Waals surface area contributed by atoms with Gasteiger partial charge in [0.25, 0.3) is 0 Å². The minimum Gasteiger partial charge on any atom is -0.498 e. The highest BCUT2D eigenvalue weighted by Gasteiger charge is 2.51. The van der Waals surface area contributed by atoms with E-state index in [-0.39, 0.29) is 11.1 Å². The Kier molecular flexibility index (Phi) is 4.49. The highest BCUT2D eigenvalue weighted by Crippen LogP contribution is 2.45. The largest absolute Gasteiger partial charge is 0.498 e. The molecule has 0 radical (unpaired) electrons. The monoisotopic (exact) mass is 348 g/mol. The molecule has 1 N–H and O–H groups in total. The molecule has 6 heteroatoms. The van der Waals surface area contributed by atoms with Gasteiger partial charge in [-0.2, -0.15) is 0 Å². The molecule has 2 unspecified atom stereocenters. The van der Waals surface area contributed by atoms with Crippen molar-refractivity contribution in [3.63, 3.8) is 0 Å². The Morgan fingerprint density at radius 1 is 1.52 bits per heavy atom. The van der Waals surface area contributed by atoms with Crippen LogP contribution in [0.5, 0.6) is 0 Å². The summed E-state index contributed by atoms with van der Waals surface area (Å²) in [7, 11) is 0. The van der Waals surface area contributed by atoms with Gasteiger partial charge in [0.15, 0.2) is 6.04 Å². The quantitative estimate of drug-likeness (QED) is 0.666. The van der Waals surface area contributed by atoms with Gasteiger partial charge in [0.1, 0.15) is 10.7 Å². The normalized spacial score (nSPS) is 27.3. The first-order valence-corrected chi connectivity index (χ1v) is 9.20. The van der Waals surface area contributed by atoms with Gasteiger partial charge in [-0.25, -0.2) is 4.98 Å². The molecule has 3 rings (SSSR count). The third-order valence-electron chi connectivity index (χ3n) is 4.96. The second kappa shape index (κ2) is 6.26. The first kappa shape index (κ1) is 16.5. The molecule has 0 aromatic carbocycles. The Bertz CT molecular complexity index is 716. The molecule has 2 aromatic heterocycles. The van der Waals surface area contributed by atoms with E-state index in [9.17, 15) is 5.11 Å². The molecular weight excluding hydrogens is 326 g/mol. The van der Waals surface area contributed by atoms with Crippen molar-refractivity contribution in [1.82, 2.24) is 14.5 Å². The number of aliphatic hydroxyl groups is 1. The first-order valence-electron chi connectivity index (χ1n) is 7.97. The van der Waals surface area contributed by atoms with E-state index in [4.69, 9.17) is 17.2 Å². The molecule has 4 nitrogen and oxygen atoms in total. The van der Waals surface area contributed by atoms with E-state index in [1.165, 1.54) is 5.00 Å². The van der Waals surface area contributed by atoms with Gasteiger partial charge in [0, 0.05) is 30.3 Å². The molecule has 1 aliphatic rings. The van der Waals surface area contributed by atoms with Gasteiger partial charge in [0.2, 0.25) is 10.1 Å². The van der Waals surface area contributed by atoms with Gasteiger partial charge in [-0.1, -0.05) is 18.3 Å². The molecule has 1 fully saturated rings. The van der Waals surface area contributed by atoms with Crippen LogP contribution in [0.15, 0.2) is 24.5 Å². The molecule has 0 bridgehead atoms. The molecule has 3 atom stereocenters. The van der Waals surface area contributed by atoms with E-state index in [0.29, 0.717) is 5.92 Å². The average molecular weight is 349 g/mol. The van der Waals surface area contributed by atoms with E-state index in [1.54, 1.807) is 17.5 Å². The smallest absolute Gasteiger partial charge is 0.217 e. The lowest BCUT2D eigenvalue weighted by molar-refractivity contribution is 0.281. The van der Waals surface area contributed by atoms with Crippen molar-refractivity contribution < 1.29 is 5.11 Å². The molecule has 0 saturated carbocycles. The topological polar surface area (TPSA) is 46.0 Å². The van der Waals surface area contributed by atoms with Crippen LogP contribution in [0.3, 0.4) is 0 Å². The number of thiocarbonyl (C=S) groups is 1. The lowest BCUT2D eigenvalue weighted by atomic mass is 10.0. The Morgan fingerprint density at radius 3 is 2.91 bits per heavy atom. The van der Waals surface area contributed by atoms with Crippen LogP contribution in [0, 0.1) is 12.8 Å². The Labute approximate surface area is 146 Å².